The van der Waals surface area contributed by atoms with Crippen molar-refractivity contribution in [3.05, 3.63) is 69.7 Å². The molecule has 0 aliphatic rings. The lowest BCUT2D eigenvalue weighted by Crippen LogP contribution is -2.01. The Kier molecular flexibility index (Phi) is 7.23. The summed E-state index contributed by atoms with van der Waals surface area (Å²) in [5.74, 6) is -0.0449. The molecule has 0 aliphatic heterocycles. The van der Waals surface area contributed by atoms with E-state index in [-0.39, 0.29) is 19.9 Å². The maximum Gasteiger partial charge on any atom is 0.165 e. The van der Waals surface area contributed by atoms with Crippen LogP contribution in [-0.2, 0) is 4.57 Å². The molecule has 2 aromatic carbocycles. The zero-order chi connectivity index (χ0) is 16.7. The Morgan fingerprint density at radius 1 is 0.957 bits per heavy atom. The highest BCUT2D eigenvalue weighted by molar-refractivity contribution is 7.24. The third-order valence-corrected chi connectivity index (χ3v) is 5.13. The monoisotopic (exact) mass is 366 g/mol. The lowest BCUT2D eigenvalue weighted by atomic mass is 10.0. The number of halogens is 2. The molecule has 0 bridgehead atoms. The average Bonchev–Trinajstić information content (AvgIpc) is 2.55. The lowest BCUT2D eigenvalue weighted by Gasteiger charge is -2.10. The summed E-state index contributed by atoms with van der Waals surface area (Å²) in [5.41, 5.74) is 1.44. The topological polar surface area (TPSA) is 34.1 Å². The van der Waals surface area contributed by atoms with Crippen molar-refractivity contribution in [1.82, 2.24) is 0 Å². The molecule has 0 saturated carbocycles. The molecule has 0 spiro atoms. The van der Waals surface area contributed by atoms with Gasteiger partial charge in [0.05, 0.1) is 21.3 Å². The predicted molar refractivity (Wildman–Crippen MR) is 96.1 cm³/mol. The van der Waals surface area contributed by atoms with Crippen LogP contribution in [0.15, 0.2) is 48.5 Å². The van der Waals surface area contributed by atoms with Crippen molar-refractivity contribution >= 4 is 37.4 Å². The minimum Gasteiger partial charge on any atom is -0.294 e. The van der Waals surface area contributed by atoms with Gasteiger partial charge in [0.25, 0.3) is 0 Å². The number of benzene rings is 2. The van der Waals surface area contributed by atoms with E-state index in [1.54, 1.807) is 18.2 Å². The summed E-state index contributed by atoms with van der Waals surface area (Å²) in [4.78, 5) is 12.2. The quantitative estimate of drug-likeness (QED) is 0.293. The fourth-order valence-corrected chi connectivity index (χ4v) is 3.66. The van der Waals surface area contributed by atoms with Crippen LogP contribution < -0.4 is 0 Å². The Labute approximate surface area is 148 Å². The second-order valence-corrected chi connectivity index (χ2v) is 6.95. The molecule has 1 unspecified atom stereocenters. The summed E-state index contributed by atoms with van der Waals surface area (Å²) >= 11 is 12.1. The van der Waals surface area contributed by atoms with Gasteiger partial charge in [-0.25, -0.2) is 0 Å². The van der Waals surface area contributed by atoms with E-state index in [9.17, 15) is 9.36 Å². The first-order valence-electron chi connectivity index (χ1n) is 7.48. The van der Waals surface area contributed by atoms with Gasteiger partial charge in [-0.15, -0.1) is 0 Å². The molecule has 0 N–H and O–H groups in total. The normalized spacial score (nSPS) is 12.3. The van der Waals surface area contributed by atoms with Crippen molar-refractivity contribution in [3.63, 3.8) is 0 Å². The van der Waals surface area contributed by atoms with Crippen LogP contribution in [-0.4, -0.2) is 5.78 Å². The van der Waals surface area contributed by atoms with Gasteiger partial charge < -0.3 is 0 Å². The standard InChI is InChI=1S/C18H17Cl2O2P/c19-14-9-6-10-15(20)18(14)16(21)11-4-5-12-17(23-22)13-7-2-1-3-8-13/h1-3,6-10,17H,4-5,11-12H2. The molecular formula is C18H17Cl2O2P. The molecule has 120 valence electrons. The van der Waals surface area contributed by atoms with Crippen molar-refractivity contribution in [2.75, 3.05) is 0 Å². The highest BCUT2D eigenvalue weighted by Crippen LogP contribution is 2.32. The second-order valence-electron chi connectivity index (χ2n) is 5.30. The first kappa shape index (κ1) is 18.1. The van der Waals surface area contributed by atoms with Crippen LogP contribution in [0.3, 0.4) is 0 Å². The Bertz CT molecular complexity index is 654. The zero-order valence-corrected chi connectivity index (χ0v) is 15.0. The third-order valence-electron chi connectivity index (χ3n) is 3.68. The Morgan fingerprint density at radius 3 is 2.22 bits per heavy atom. The zero-order valence-electron chi connectivity index (χ0n) is 12.5. The van der Waals surface area contributed by atoms with Gasteiger partial charge in [-0.05, 0) is 30.5 Å². The Balaban J connectivity index is 1.85. The van der Waals surface area contributed by atoms with Crippen molar-refractivity contribution in [2.45, 2.75) is 31.3 Å². The van der Waals surface area contributed by atoms with Crippen LogP contribution in [0, 0.1) is 0 Å². The maximum absolute atomic E-state index is 12.2. The van der Waals surface area contributed by atoms with E-state index in [0.29, 0.717) is 22.0 Å². The number of Topliss-reactive ketones (excluding diaryl/α,β-unsaturated/α-hetero) is 1. The number of unbranched alkanes of at least 4 members (excludes halogenated alkanes) is 1. The van der Waals surface area contributed by atoms with Crippen molar-refractivity contribution in [1.29, 1.82) is 0 Å². The molecule has 2 rings (SSSR count). The molecule has 23 heavy (non-hydrogen) atoms. The summed E-state index contributed by atoms with van der Waals surface area (Å²) in [7, 11) is 0.115. The Hall–Kier alpha value is -1.21. The van der Waals surface area contributed by atoms with Gasteiger partial charge in [0.1, 0.15) is 0 Å². The molecule has 0 aromatic heterocycles. The lowest BCUT2D eigenvalue weighted by molar-refractivity contribution is 0.0979. The van der Waals surface area contributed by atoms with E-state index in [4.69, 9.17) is 23.2 Å². The van der Waals surface area contributed by atoms with Crippen LogP contribution in [0.25, 0.3) is 0 Å². The van der Waals surface area contributed by atoms with Gasteiger partial charge in [0, 0.05) is 6.42 Å². The highest BCUT2D eigenvalue weighted by atomic mass is 35.5. The van der Waals surface area contributed by atoms with Crippen LogP contribution in [0.4, 0.5) is 0 Å². The minimum atomic E-state index is -0.0449. The van der Waals surface area contributed by atoms with Gasteiger partial charge in [-0.2, -0.15) is 0 Å². The second kappa shape index (κ2) is 9.17. The molecule has 2 nitrogen and oxygen atoms in total. The smallest absolute Gasteiger partial charge is 0.165 e. The molecule has 0 amide bonds. The number of carbonyl (C=O) groups excluding carboxylic acids is 1. The van der Waals surface area contributed by atoms with Crippen molar-refractivity contribution < 1.29 is 9.36 Å². The number of hydrogen-bond donors (Lipinski definition) is 0. The van der Waals surface area contributed by atoms with E-state index < -0.39 is 0 Å². The van der Waals surface area contributed by atoms with E-state index in [0.717, 1.165) is 24.8 Å². The first-order chi connectivity index (χ1) is 11.1. The molecule has 0 heterocycles. The van der Waals surface area contributed by atoms with Crippen molar-refractivity contribution in [3.8, 4) is 0 Å². The van der Waals surface area contributed by atoms with E-state index in [2.05, 4.69) is 0 Å². The summed E-state index contributed by atoms with van der Waals surface area (Å²) in [6.45, 7) is 0. The number of rotatable bonds is 8. The first-order valence-corrected chi connectivity index (χ1v) is 9.12. The average molecular weight is 367 g/mol. The maximum atomic E-state index is 12.2. The predicted octanol–water partition coefficient (Wildman–Crippen LogP) is 6.77. The van der Waals surface area contributed by atoms with E-state index >= 15 is 0 Å². The van der Waals surface area contributed by atoms with Gasteiger partial charge in [-0.1, -0.05) is 66.0 Å². The molecule has 0 fully saturated rings. The van der Waals surface area contributed by atoms with Crippen LogP contribution in [0.1, 0.15) is 47.3 Å². The van der Waals surface area contributed by atoms with Gasteiger partial charge in [0.15, 0.2) is 14.2 Å². The molecule has 2 aromatic rings. The van der Waals surface area contributed by atoms with Crippen molar-refractivity contribution in [2.24, 2.45) is 0 Å². The highest BCUT2D eigenvalue weighted by Gasteiger charge is 2.15. The minimum absolute atomic E-state index is 0.0183. The largest absolute Gasteiger partial charge is 0.294 e. The van der Waals surface area contributed by atoms with Gasteiger partial charge in [-0.3, -0.25) is 9.36 Å². The SMILES string of the molecule is O=PC(CCCCC(=O)c1c(Cl)cccc1Cl)c1ccccc1. The summed E-state index contributed by atoms with van der Waals surface area (Å²) < 4.78 is 11.3. The summed E-state index contributed by atoms with van der Waals surface area (Å²) in [6.07, 6.45) is 2.71. The van der Waals surface area contributed by atoms with E-state index in [1.165, 1.54) is 0 Å². The number of ketones is 1. The summed E-state index contributed by atoms with van der Waals surface area (Å²) in [5, 5.41) is 0.783. The van der Waals surface area contributed by atoms with Gasteiger partial charge >= 0.3 is 0 Å². The molecule has 0 aliphatic carbocycles. The van der Waals surface area contributed by atoms with Gasteiger partial charge in [0.2, 0.25) is 0 Å². The molecule has 1 atom stereocenters. The fourth-order valence-electron chi connectivity index (χ4n) is 2.47. The molecule has 5 heteroatoms. The van der Waals surface area contributed by atoms with Crippen LogP contribution >= 0.6 is 31.7 Å². The van der Waals surface area contributed by atoms with Crippen LogP contribution in [0.5, 0.6) is 0 Å². The molecular weight excluding hydrogens is 350 g/mol. The number of hydrogen-bond acceptors (Lipinski definition) is 2. The third kappa shape index (κ3) is 5.14. The number of carbonyl (C=O) groups is 1. The summed E-state index contributed by atoms with van der Waals surface area (Å²) in [6, 6.07) is 14.8. The van der Waals surface area contributed by atoms with E-state index in [1.807, 2.05) is 30.3 Å². The fraction of sp³-hybridized carbons (Fsp3) is 0.278. The van der Waals surface area contributed by atoms with Crippen LogP contribution in [0.2, 0.25) is 10.0 Å². The Morgan fingerprint density at radius 2 is 1.61 bits per heavy atom. The molecule has 0 saturated heterocycles. The molecule has 0 radical (unpaired) electrons.